The van der Waals surface area contributed by atoms with Crippen molar-refractivity contribution in [2.75, 3.05) is 31.9 Å². The molecule has 28 heavy (non-hydrogen) atoms. The first-order valence-corrected chi connectivity index (χ1v) is 12.1. The van der Waals surface area contributed by atoms with Gasteiger partial charge in [0.2, 0.25) is 15.9 Å². The molecule has 0 radical (unpaired) electrons. The van der Waals surface area contributed by atoms with Crippen LogP contribution in [0.25, 0.3) is 0 Å². The third kappa shape index (κ3) is 4.14. The van der Waals surface area contributed by atoms with Gasteiger partial charge in [-0.2, -0.15) is 4.31 Å². The van der Waals surface area contributed by atoms with Crippen molar-refractivity contribution < 1.29 is 17.6 Å². The van der Waals surface area contributed by atoms with E-state index in [4.69, 9.17) is 4.42 Å². The standard InChI is InChI=1S/C20H24N2O4S2/c23-20(15-27-14-18-5-2-12-26-18)21-8-10-22(11-9-21)28(24,25)19-7-6-16-3-1-4-17(16)13-19/h2,5-7,12-13H,1,3-4,8-11,14-15H2. The molecule has 0 spiro atoms. The molecule has 1 aromatic carbocycles. The average molecular weight is 421 g/mol. The Balaban J connectivity index is 1.31. The van der Waals surface area contributed by atoms with Crippen LogP contribution in [0.2, 0.25) is 0 Å². The van der Waals surface area contributed by atoms with Crippen molar-refractivity contribution in [1.82, 2.24) is 9.21 Å². The van der Waals surface area contributed by atoms with Gasteiger partial charge in [-0.1, -0.05) is 6.07 Å². The molecule has 0 bridgehead atoms. The summed E-state index contributed by atoms with van der Waals surface area (Å²) in [6.45, 7) is 1.55. The van der Waals surface area contributed by atoms with Gasteiger partial charge in [0.25, 0.3) is 0 Å². The summed E-state index contributed by atoms with van der Waals surface area (Å²) in [5.74, 6) is 1.93. The number of benzene rings is 1. The van der Waals surface area contributed by atoms with Crippen LogP contribution in [0.5, 0.6) is 0 Å². The lowest BCUT2D eigenvalue weighted by Crippen LogP contribution is -2.51. The van der Waals surface area contributed by atoms with Crippen molar-refractivity contribution in [3.8, 4) is 0 Å². The Morgan fingerprint density at radius 2 is 1.86 bits per heavy atom. The Labute approximate surface area is 169 Å². The number of thioether (sulfide) groups is 1. The Hall–Kier alpha value is -1.77. The van der Waals surface area contributed by atoms with Crippen LogP contribution < -0.4 is 0 Å². The second kappa shape index (κ2) is 8.31. The van der Waals surface area contributed by atoms with E-state index in [2.05, 4.69) is 0 Å². The number of aryl methyl sites for hydroxylation is 2. The van der Waals surface area contributed by atoms with Crippen molar-refractivity contribution in [3.63, 3.8) is 0 Å². The molecule has 2 aromatic rings. The molecule has 0 atom stereocenters. The molecule has 0 saturated carbocycles. The largest absolute Gasteiger partial charge is 0.468 e. The van der Waals surface area contributed by atoms with Crippen molar-refractivity contribution >= 4 is 27.7 Å². The molecule has 1 fully saturated rings. The zero-order valence-electron chi connectivity index (χ0n) is 15.7. The monoisotopic (exact) mass is 420 g/mol. The SMILES string of the molecule is O=C(CSCc1ccco1)N1CCN(S(=O)(=O)c2ccc3c(c2)CCC3)CC1. The number of hydrogen-bond donors (Lipinski definition) is 0. The third-order valence-electron chi connectivity index (χ3n) is 5.35. The van der Waals surface area contributed by atoms with E-state index < -0.39 is 10.0 Å². The van der Waals surface area contributed by atoms with Crippen LogP contribution in [-0.2, 0) is 33.4 Å². The van der Waals surface area contributed by atoms with E-state index in [1.807, 2.05) is 24.3 Å². The number of nitrogens with zero attached hydrogens (tertiary/aromatic N) is 2. The van der Waals surface area contributed by atoms with E-state index in [1.54, 1.807) is 17.2 Å². The Kier molecular flexibility index (Phi) is 5.80. The molecular formula is C20H24N2O4S2. The lowest BCUT2D eigenvalue weighted by atomic mass is 10.1. The summed E-state index contributed by atoms with van der Waals surface area (Å²) in [5, 5.41) is 0. The number of fused-ring (bicyclic) bond motifs is 1. The fraction of sp³-hybridized carbons (Fsp3) is 0.450. The molecule has 8 heteroatoms. The molecular weight excluding hydrogens is 396 g/mol. The number of carbonyl (C=O) groups excluding carboxylic acids is 1. The highest BCUT2D eigenvalue weighted by molar-refractivity contribution is 7.99. The fourth-order valence-corrected chi connectivity index (χ4v) is 6.06. The summed E-state index contributed by atoms with van der Waals surface area (Å²) in [5.41, 5.74) is 2.42. The smallest absolute Gasteiger partial charge is 0.243 e. The highest BCUT2D eigenvalue weighted by Crippen LogP contribution is 2.26. The first kappa shape index (κ1) is 19.5. The van der Waals surface area contributed by atoms with Crippen LogP contribution in [0.4, 0.5) is 0 Å². The van der Waals surface area contributed by atoms with Gasteiger partial charge < -0.3 is 9.32 Å². The van der Waals surface area contributed by atoms with Crippen LogP contribution in [0.3, 0.4) is 0 Å². The molecule has 4 rings (SSSR count). The summed E-state index contributed by atoms with van der Waals surface area (Å²) in [7, 11) is -3.50. The van der Waals surface area contributed by atoms with Gasteiger partial charge in [-0.25, -0.2) is 8.42 Å². The number of piperazine rings is 1. The minimum absolute atomic E-state index is 0.0473. The predicted octanol–water partition coefficient (Wildman–Crippen LogP) is 2.53. The van der Waals surface area contributed by atoms with Crippen LogP contribution >= 0.6 is 11.8 Å². The molecule has 2 heterocycles. The van der Waals surface area contributed by atoms with Gasteiger partial charge in [-0.15, -0.1) is 11.8 Å². The molecule has 1 aliphatic heterocycles. The van der Waals surface area contributed by atoms with Crippen molar-refractivity contribution in [3.05, 3.63) is 53.5 Å². The number of carbonyl (C=O) groups is 1. The minimum atomic E-state index is -3.50. The molecule has 2 aliphatic rings. The zero-order valence-corrected chi connectivity index (χ0v) is 17.3. The summed E-state index contributed by atoms with van der Waals surface area (Å²) >= 11 is 1.51. The van der Waals surface area contributed by atoms with E-state index in [0.29, 0.717) is 42.6 Å². The van der Waals surface area contributed by atoms with Crippen LogP contribution in [0, 0.1) is 0 Å². The molecule has 0 N–H and O–H groups in total. The minimum Gasteiger partial charge on any atom is -0.468 e. The fourth-order valence-electron chi connectivity index (χ4n) is 3.76. The van der Waals surface area contributed by atoms with Gasteiger partial charge in [0.15, 0.2) is 0 Å². The number of rotatable bonds is 6. The Morgan fingerprint density at radius 1 is 1.07 bits per heavy atom. The highest BCUT2D eigenvalue weighted by atomic mass is 32.2. The Bertz CT molecular complexity index is 933. The Morgan fingerprint density at radius 3 is 2.61 bits per heavy atom. The first-order valence-electron chi connectivity index (χ1n) is 9.54. The van der Waals surface area contributed by atoms with E-state index in [-0.39, 0.29) is 5.91 Å². The van der Waals surface area contributed by atoms with Crippen LogP contribution in [-0.4, -0.2) is 55.5 Å². The molecule has 1 amide bonds. The zero-order chi connectivity index (χ0) is 19.6. The molecule has 6 nitrogen and oxygen atoms in total. The van der Waals surface area contributed by atoms with Crippen LogP contribution in [0.15, 0.2) is 45.9 Å². The van der Waals surface area contributed by atoms with Crippen molar-refractivity contribution in [2.45, 2.75) is 29.9 Å². The highest BCUT2D eigenvalue weighted by Gasteiger charge is 2.30. The maximum absolute atomic E-state index is 13.0. The van der Waals surface area contributed by atoms with Crippen molar-refractivity contribution in [1.29, 1.82) is 0 Å². The molecule has 0 unspecified atom stereocenters. The maximum Gasteiger partial charge on any atom is 0.243 e. The van der Waals surface area contributed by atoms with Crippen LogP contribution in [0.1, 0.15) is 23.3 Å². The summed E-state index contributed by atoms with van der Waals surface area (Å²) in [6, 6.07) is 9.23. The number of amides is 1. The summed E-state index contributed by atoms with van der Waals surface area (Å²) in [6.07, 6.45) is 4.71. The first-order chi connectivity index (χ1) is 13.5. The lowest BCUT2D eigenvalue weighted by Gasteiger charge is -2.34. The predicted molar refractivity (Wildman–Crippen MR) is 109 cm³/mol. The van der Waals surface area contributed by atoms with Gasteiger partial charge in [0.05, 0.1) is 22.7 Å². The van der Waals surface area contributed by atoms with Gasteiger partial charge in [0, 0.05) is 26.2 Å². The average Bonchev–Trinajstić information content (AvgIpc) is 3.39. The van der Waals surface area contributed by atoms with E-state index in [1.165, 1.54) is 21.6 Å². The molecule has 1 aliphatic carbocycles. The van der Waals surface area contributed by atoms with E-state index in [0.717, 1.165) is 30.6 Å². The van der Waals surface area contributed by atoms with Gasteiger partial charge in [0.1, 0.15) is 5.76 Å². The molecule has 150 valence electrons. The van der Waals surface area contributed by atoms with Gasteiger partial charge >= 0.3 is 0 Å². The van der Waals surface area contributed by atoms with E-state index >= 15 is 0 Å². The molecule has 1 saturated heterocycles. The third-order valence-corrected chi connectivity index (χ3v) is 8.18. The van der Waals surface area contributed by atoms with Gasteiger partial charge in [-0.3, -0.25) is 4.79 Å². The van der Waals surface area contributed by atoms with E-state index in [9.17, 15) is 13.2 Å². The molecule has 1 aromatic heterocycles. The lowest BCUT2D eigenvalue weighted by molar-refractivity contribution is -0.129. The maximum atomic E-state index is 13.0. The second-order valence-electron chi connectivity index (χ2n) is 7.14. The quantitative estimate of drug-likeness (QED) is 0.718. The second-order valence-corrected chi connectivity index (χ2v) is 10.1. The normalized spacial score (nSPS) is 17.6. The topological polar surface area (TPSA) is 70.8 Å². The number of furan rings is 1. The number of hydrogen-bond acceptors (Lipinski definition) is 5. The van der Waals surface area contributed by atoms with Crippen molar-refractivity contribution in [2.24, 2.45) is 0 Å². The summed E-state index contributed by atoms with van der Waals surface area (Å²) in [4.78, 5) is 14.5. The summed E-state index contributed by atoms with van der Waals surface area (Å²) < 4.78 is 32.7. The van der Waals surface area contributed by atoms with Gasteiger partial charge in [-0.05, 0) is 54.7 Å². The number of sulfonamides is 1.